The Labute approximate surface area is 150 Å². The summed E-state index contributed by atoms with van der Waals surface area (Å²) in [7, 11) is 0. The van der Waals surface area contributed by atoms with Crippen LogP contribution in [0.5, 0.6) is 11.5 Å². The van der Waals surface area contributed by atoms with Crippen molar-refractivity contribution in [1.29, 1.82) is 10.5 Å². The minimum atomic E-state index is -0.115. The number of hydrogen-bond acceptors (Lipinski definition) is 3. The summed E-state index contributed by atoms with van der Waals surface area (Å²) in [6, 6.07) is 15.4. The molecule has 0 aromatic heterocycles. The van der Waals surface area contributed by atoms with Gasteiger partial charge in [0.1, 0.15) is 29.2 Å². The Balaban J connectivity index is 2.72. The predicted molar refractivity (Wildman–Crippen MR) is 99.8 cm³/mol. The minimum absolute atomic E-state index is 0.115. The quantitative estimate of drug-likeness (QED) is 0.696. The molecule has 3 heteroatoms. The molecule has 0 amide bonds. The van der Waals surface area contributed by atoms with Gasteiger partial charge in [0.2, 0.25) is 0 Å². The second-order valence-electron chi connectivity index (χ2n) is 8.19. The van der Waals surface area contributed by atoms with Gasteiger partial charge in [-0.1, -0.05) is 65.8 Å². The fraction of sp³-hybridized carbons (Fsp3) is 0.364. The van der Waals surface area contributed by atoms with Gasteiger partial charge in [0.05, 0.1) is 5.56 Å². The summed E-state index contributed by atoms with van der Waals surface area (Å²) in [5.41, 5.74) is 2.52. The first kappa shape index (κ1) is 18.6. The van der Waals surface area contributed by atoms with Crippen molar-refractivity contribution in [3.63, 3.8) is 0 Å². The number of para-hydroxylation sites is 1. The van der Waals surface area contributed by atoms with Crippen molar-refractivity contribution < 1.29 is 4.74 Å². The van der Waals surface area contributed by atoms with E-state index >= 15 is 0 Å². The van der Waals surface area contributed by atoms with E-state index in [0.29, 0.717) is 11.3 Å². The van der Waals surface area contributed by atoms with Crippen molar-refractivity contribution in [2.75, 3.05) is 0 Å². The molecule has 0 N–H and O–H groups in total. The lowest BCUT2D eigenvalue weighted by Gasteiger charge is -2.29. The first-order valence-electron chi connectivity index (χ1n) is 8.34. The Morgan fingerprint density at radius 3 is 1.72 bits per heavy atom. The van der Waals surface area contributed by atoms with Gasteiger partial charge >= 0.3 is 0 Å². The monoisotopic (exact) mass is 332 g/mol. The maximum absolute atomic E-state index is 9.49. The molecule has 25 heavy (non-hydrogen) atoms. The molecule has 0 spiro atoms. The van der Waals surface area contributed by atoms with Gasteiger partial charge in [-0.3, -0.25) is 0 Å². The van der Waals surface area contributed by atoms with Crippen LogP contribution in [0.1, 0.15) is 63.8 Å². The van der Waals surface area contributed by atoms with Crippen molar-refractivity contribution in [2.45, 2.75) is 52.4 Å². The number of rotatable bonds is 2. The first-order valence-corrected chi connectivity index (χ1v) is 8.34. The molecule has 0 saturated heterocycles. The predicted octanol–water partition coefficient (Wildman–Crippen LogP) is 5.82. The summed E-state index contributed by atoms with van der Waals surface area (Å²) < 4.78 is 6.28. The molecule has 0 aliphatic rings. The number of ether oxygens (including phenoxy) is 1. The average Bonchev–Trinajstić information content (AvgIpc) is 2.52. The Morgan fingerprint density at radius 1 is 0.760 bits per heavy atom. The lowest BCUT2D eigenvalue weighted by molar-refractivity contribution is 0.431. The van der Waals surface area contributed by atoms with Gasteiger partial charge in [0.15, 0.2) is 0 Å². The van der Waals surface area contributed by atoms with Crippen molar-refractivity contribution in [1.82, 2.24) is 0 Å². The third kappa shape index (κ3) is 3.83. The van der Waals surface area contributed by atoms with E-state index in [1.807, 2.05) is 6.07 Å². The Hall–Kier alpha value is -2.78. The molecule has 0 radical (unpaired) electrons. The summed E-state index contributed by atoms with van der Waals surface area (Å²) in [6.45, 7) is 12.8. The zero-order chi connectivity index (χ0) is 18.8. The second kappa shape index (κ2) is 6.61. The smallest absolute Gasteiger partial charge is 0.146 e. The maximum Gasteiger partial charge on any atom is 0.146 e. The minimum Gasteiger partial charge on any atom is -0.455 e. The van der Waals surface area contributed by atoms with Crippen LogP contribution >= 0.6 is 0 Å². The molecule has 2 rings (SSSR count). The fourth-order valence-electron chi connectivity index (χ4n) is 2.76. The van der Waals surface area contributed by atoms with E-state index in [1.165, 1.54) is 0 Å². The molecule has 0 bridgehead atoms. The average molecular weight is 332 g/mol. The lowest BCUT2D eigenvalue weighted by Crippen LogP contribution is -2.18. The van der Waals surface area contributed by atoms with Gasteiger partial charge in [-0.15, -0.1) is 0 Å². The van der Waals surface area contributed by atoms with Crippen molar-refractivity contribution >= 4 is 0 Å². The van der Waals surface area contributed by atoms with Gasteiger partial charge in [-0.05, 0) is 23.0 Å². The number of hydrogen-bond donors (Lipinski definition) is 0. The summed E-state index contributed by atoms with van der Waals surface area (Å²) in [5.74, 6) is 1.19. The van der Waals surface area contributed by atoms with Crippen LogP contribution in [0.4, 0.5) is 0 Å². The summed E-state index contributed by atoms with van der Waals surface area (Å²) in [5, 5.41) is 18.7. The largest absolute Gasteiger partial charge is 0.455 e. The topological polar surface area (TPSA) is 56.8 Å². The maximum atomic E-state index is 9.49. The van der Waals surface area contributed by atoms with Crippen molar-refractivity contribution in [2.24, 2.45) is 0 Å². The van der Waals surface area contributed by atoms with Crippen LogP contribution < -0.4 is 4.74 Å². The van der Waals surface area contributed by atoms with Crippen LogP contribution in [0.25, 0.3) is 0 Å². The van der Waals surface area contributed by atoms with Crippen LogP contribution in [0.3, 0.4) is 0 Å². The number of nitrogens with zero attached hydrogens (tertiary/aromatic N) is 2. The Morgan fingerprint density at radius 2 is 1.28 bits per heavy atom. The molecule has 128 valence electrons. The number of benzene rings is 2. The van der Waals surface area contributed by atoms with Crippen molar-refractivity contribution in [3.8, 4) is 23.6 Å². The first-order chi connectivity index (χ1) is 11.6. The van der Waals surface area contributed by atoms with E-state index in [1.54, 1.807) is 18.2 Å². The third-order valence-corrected chi connectivity index (χ3v) is 4.10. The van der Waals surface area contributed by atoms with Gasteiger partial charge in [-0.2, -0.15) is 10.5 Å². The number of nitriles is 2. The lowest BCUT2D eigenvalue weighted by atomic mass is 9.79. The van der Waals surface area contributed by atoms with E-state index in [2.05, 4.69) is 65.8 Å². The zero-order valence-corrected chi connectivity index (χ0v) is 15.8. The standard InChI is InChI=1S/C22H24N2O/c1-21(2,3)17-10-8-11-18(22(4,5)6)20(17)25-19-12-7-9-15(13-23)16(19)14-24/h7-12H,1-6H3. The summed E-state index contributed by atoms with van der Waals surface area (Å²) >= 11 is 0. The molecule has 0 atom stereocenters. The van der Waals surface area contributed by atoms with Crippen LogP contribution in [0.2, 0.25) is 0 Å². The normalized spacial score (nSPS) is 11.5. The molecular weight excluding hydrogens is 308 g/mol. The summed E-state index contributed by atoms with van der Waals surface area (Å²) in [4.78, 5) is 0. The summed E-state index contributed by atoms with van der Waals surface area (Å²) in [6.07, 6.45) is 0. The molecule has 0 heterocycles. The highest BCUT2D eigenvalue weighted by Crippen LogP contribution is 2.42. The van der Waals surface area contributed by atoms with E-state index in [4.69, 9.17) is 4.74 Å². The zero-order valence-electron chi connectivity index (χ0n) is 15.8. The highest BCUT2D eigenvalue weighted by atomic mass is 16.5. The van der Waals surface area contributed by atoms with Crippen molar-refractivity contribution in [3.05, 3.63) is 58.7 Å². The second-order valence-corrected chi connectivity index (χ2v) is 8.19. The van der Waals surface area contributed by atoms with Gasteiger partial charge in [-0.25, -0.2) is 0 Å². The molecule has 2 aromatic rings. The van der Waals surface area contributed by atoms with E-state index in [-0.39, 0.29) is 16.4 Å². The molecule has 0 aliphatic heterocycles. The van der Waals surface area contributed by atoms with Crippen LogP contribution in [-0.4, -0.2) is 0 Å². The Kier molecular flexibility index (Phi) is 4.91. The van der Waals surface area contributed by atoms with Crippen LogP contribution in [0.15, 0.2) is 36.4 Å². The molecule has 0 unspecified atom stereocenters. The SMILES string of the molecule is CC(C)(C)c1cccc(C(C)(C)C)c1Oc1cccc(C#N)c1C#N. The van der Waals surface area contributed by atoms with Crippen LogP contribution in [-0.2, 0) is 10.8 Å². The molecule has 0 fully saturated rings. The van der Waals surface area contributed by atoms with Gasteiger partial charge in [0, 0.05) is 11.1 Å². The fourth-order valence-corrected chi connectivity index (χ4v) is 2.76. The Bertz CT molecular complexity index is 837. The van der Waals surface area contributed by atoms with Gasteiger partial charge < -0.3 is 4.74 Å². The highest BCUT2D eigenvalue weighted by molar-refractivity contribution is 5.57. The molecule has 0 aliphatic carbocycles. The van der Waals surface area contributed by atoms with Gasteiger partial charge in [0.25, 0.3) is 0 Å². The molecule has 2 aromatic carbocycles. The van der Waals surface area contributed by atoms with Crippen LogP contribution in [0, 0.1) is 22.7 Å². The molecule has 0 saturated carbocycles. The molecule has 3 nitrogen and oxygen atoms in total. The van der Waals surface area contributed by atoms with E-state index in [0.717, 1.165) is 16.9 Å². The third-order valence-electron chi connectivity index (χ3n) is 4.10. The van der Waals surface area contributed by atoms with E-state index in [9.17, 15) is 10.5 Å². The molecular formula is C22H24N2O. The highest BCUT2D eigenvalue weighted by Gasteiger charge is 2.27. The van der Waals surface area contributed by atoms with E-state index < -0.39 is 0 Å².